The number of imidazole rings is 1. The molecule has 8 rings (SSSR count). The van der Waals surface area contributed by atoms with E-state index in [1.54, 1.807) is 11.0 Å². The number of aromatic nitrogens is 5. The van der Waals surface area contributed by atoms with Gasteiger partial charge in [0.15, 0.2) is 0 Å². The van der Waals surface area contributed by atoms with E-state index < -0.39 is 0 Å². The Hall–Kier alpha value is -4.30. The largest absolute Gasteiger partial charge is 0.336 e. The van der Waals surface area contributed by atoms with Gasteiger partial charge >= 0.3 is 0 Å². The van der Waals surface area contributed by atoms with Gasteiger partial charge < -0.3 is 9.47 Å². The van der Waals surface area contributed by atoms with E-state index >= 15 is 0 Å². The second-order valence-corrected chi connectivity index (χ2v) is 13.3. The molecule has 8 heteroatoms. The molecule has 3 aliphatic heterocycles. The van der Waals surface area contributed by atoms with Gasteiger partial charge in [0.05, 0.1) is 16.7 Å². The van der Waals surface area contributed by atoms with Gasteiger partial charge in [-0.1, -0.05) is 60.7 Å². The second-order valence-electron chi connectivity index (χ2n) is 13.3. The number of hydrogen-bond donors (Lipinski definition) is 0. The number of nitrogens with zero attached hydrogens (tertiary/aromatic N) is 7. The van der Waals surface area contributed by atoms with Crippen molar-refractivity contribution in [3.63, 3.8) is 0 Å². The second kappa shape index (κ2) is 11.6. The number of carbonyl (C=O) groups excluding carboxylic acids is 1. The maximum atomic E-state index is 13.5. The monoisotopic (exact) mass is 599 g/mol. The summed E-state index contributed by atoms with van der Waals surface area (Å²) >= 11 is 0. The van der Waals surface area contributed by atoms with Crippen LogP contribution in [-0.4, -0.2) is 71.7 Å². The van der Waals surface area contributed by atoms with Gasteiger partial charge in [0.25, 0.3) is 5.91 Å². The highest BCUT2D eigenvalue weighted by molar-refractivity contribution is 5.90. The number of likely N-dealkylation sites (tertiary alicyclic amines) is 1. The third-order valence-corrected chi connectivity index (χ3v) is 10.9. The van der Waals surface area contributed by atoms with Crippen LogP contribution in [0.15, 0.2) is 91.3 Å². The normalized spacial score (nSPS) is 23.0. The summed E-state index contributed by atoms with van der Waals surface area (Å²) < 4.78 is 4.20. The molecule has 0 spiro atoms. The Bertz CT molecular complexity index is 1770. The molecule has 5 heterocycles. The first-order valence-electron chi connectivity index (χ1n) is 16.6. The van der Waals surface area contributed by atoms with Crippen LogP contribution >= 0.6 is 0 Å². The van der Waals surface area contributed by atoms with Crippen molar-refractivity contribution in [1.82, 2.24) is 34.1 Å². The number of fused-ring (bicyclic) bond motifs is 3. The molecule has 45 heavy (non-hydrogen) atoms. The Morgan fingerprint density at radius 1 is 0.844 bits per heavy atom. The fraction of sp³-hybridized carbons (Fsp3) is 0.405. The number of para-hydroxylation sites is 3. The number of amides is 1. The van der Waals surface area contributed by atoms with Crippen LogP contribution in [0.2, 0.25) is 0 Å². The van der Waals surface area contributed by atoms with Gasteiger partial charge in [0, 0.05) is 31.2 Å². The third kappa shape index (κ3) is 5.15. The first-order valence-corrected chi connectivity index (χ1v) is 16.6. The number of piperidine rings is 2. The van der Waals surface area contributed by atoms with Crippen LogP contribution in [0, 0.1) is 6.92 Å². The first kappa shape index (κ1) is 28.2. The molecule has 0 N–H and O–H groups in total. The third-order valence-electron chi connectivity index (χ3n) is 10.9. The lowest BCUT2D eigenvalue weighted by molar-refractivity contribution is 0.0596. The smallest absolute Gasteiger partial charge is 0.293 e. The minimum Gasteiger partial charge on any atom is -0.336 e. The topological polar surface area (TPSA) is 72.1 Å². The van der Waals surface area contributed by atoms with Gasteiger partial charge in [-0.2, -0.15) is 0 Å². The molecular weight excluding hydrogens is 558 g/mol. The molecule has 1 amide bonds. The van der Waals surface area contributed by atoms with E-state index in [9.17, 15) is 4.79 Å². The highest BCUT2D eigenvalue weighted by Crippen LogP contribution is 2.45. The molecule has 3 saturated heterocycles. The molecule has 0 radical (unpaired) electrons. The fourth-order valence-corrected chi connectivity index (χ4v) is 8.61. The summed E-state index contributed by atoms with van der Waals surface area (Å²) in [5, 5.41) is 4.52. The van der Waals surface area contributed by atoms with Crippen LogP contribution in [0.4, 0.5) is 0 Å². The van der Waals surface area contributed by atoms with E-state index in [0.717, 1.165) is 55.9 Å². The molecule has 5 aromatic rings. The zero-order valence-electron chi connectivity index (χ0n) is 26.0. The molecule has 1 unspecified atom stereocenters. The van der Waals surface area contributed by atoms with E-state index in [0.29, 0.717) is 18.1 Å². The molecule has 230 valence electrons. The van der Waals surface area contributed by atoms with Crippen LogP contribution in [-0.2, 0) is 5.41 Å². The minimum absolute atomic E-state index is 0.0578. The van der Waals surface area contributed by atoms with Gasteiger partial charge in [-0.15, -0.1) is 5.10 Å². The summed E-state index contributed by atoms with van der Waals surface area (Å²) in [6.07, 6.45) is 9.62. The molecule has 0 saturated carbocycles. The fourth-order valence-electron chi connectivity index (χ4n) is 8.61. The Morgan fingerprint density at radius 3 is 2.24 bits per heavy atom. The lowest BCUT2D eigenvalue weighted by Crippen LogP contribution is -2.49. The molecule has 3 aromatic carbocycles. The number of carbonyl (C=O) groups is 1. The van der Waals surface area contributed by atoms with Gasteiger partial charge in [-0.25, -0.2) is 14.6 Å². The van der Waals surface area contributed by atoms with E-state index in [2.05, 4.69) is 81.1 Å². The lowest BCUT2D eigenvalue weighted by Gasteiger charge is -2.45. The predicted molar refractivity (Wildman–Crippen MR) is 175 cm³/mol. The van der Waals surface area contributed by atoms with E-state index in [1.165, 1.54) is 36.8 Å². The Labute approximate surface area is 264 Å². The molecule has 0 aliphatic carbocycles. The van der Waals surface area contributed by atoms with Gasteiger partial charge in [0.2, 0.25) is 5.82 Å². The Balaban J connectivity index is 0.962. The summed E-state index contributed by atoms with van der Waals surface area (Å²) in [5.41, 5.74) is 4.75. The zero-order chi connectivity index (χ0) is 30.4. The van der Waals surface area contributed by atoms with E-state index in [4.69, 9.17) is 4.98 Å². The van der Waals surface area contributed by atoms with Crippen LogP contribution < -0.4 is 0 Å². The molecule has 3 aliphatic rings. The highest BCUT2D eigenvalue weighted by atomic mass is 16.2. The van der Waals surface area contributed by atoms with Crippen molar-refractivity contribution in [3.05, 3.63) is 108 Å². The van der Waals surface area contributed by atoms with Crippen molar-refractivity contribution < 1.29 is 4.79 Å². The maximum Gasteiger partial charge on any atom is 0.293 e. The van der Waals surface area contributed by atoms with Crippen LogP contribution in [0.25, 0.3) is 16.7 Å². The molecule has 2 aromatic heterocycles. The summed E-state index contributed by atoms with van der Waals surface area (Å²) in [4.78, 5) is 27.6. The Morgan fingerprint density at radius 2 is 1.51 bits per heavy atom. The number of benzene rings is 3. The van der Waals surface area contributed by atoms with Crippen LogP contribution in [0.5, 0.6) is 0 Å². The first-order chi connectivity index (χ1) is 22.1. The minimum atomic E-state index is -0.0752. The zero-order valence-corrected chi connectivity index (χ0v) is 26.0. The summed E-state index contributed by atoms with van der Waals surface area (Å²) in [5.74, 6) is 1.33. The van der Waals surface area contributed by atoms with Crippen LogP contribution in [0.3, 0.4) is 0 Å². The van der Waals surface area contributed by atoms with Crippen molar-refractivity contribution >= 4 is 16.9 Å². The molecule has 3 fully saturated rings. The number of aryl methyl sites for hydroxylation is 1. The van der Waals surface area contributed by atoms with Crippen molar-refractivity contribution in [1.29, 1.82) is 0 Å². The van der Waals surface area contributed by atoms with Gasteiger partial charge in [-0.3, -0.25) is 9.69 Å². The maximum absolute atomic E-state index is 13.5. The number of rotatable bonds is 7. The Kier molecular flexibility index (Phi) is 7.25. The predicted octanol–water partition coefficient (Wildman–Crippen LogP) is 6.36. The van der Waals surface area contributed by atoms with Crippen molar-refractivity contribution in [3.8, 4) is 5.69 Å². The summed E-state index contributed by atoms with van der Waals surface area (Å²) in [6, 6.07) is 31.2. The van der Waals surface area contributed by atoms with Crippen molar-refractivity contribution in [2.75, 3.05) is 19.6 Å². The SMILES string of the molecule is Cc1nc2ccccc2n1C1C[C@H]2CC[C@@H](C1)N2CCC1(c2ccccc2)CCN(C(=O)c2ncn(-c3ccccc3)n2)CC1. The molecule has 2 bridgehead atoms. The van der Waals surface area contributed by atoms with Crippen LogP contribution in [0.1, 0.15) is 73.0 Å². The van der Waals surface area contributed by atoms with E-state index in [1.807, 2.05) is 35.2 Å². The van der Waals surface area contributed by atoms with Gasteiger partial charge in [-0.05, 0) is 93.7 Å². The number of hydrogen-bond acceptors (Lipinski definition) is 5. The molecular formula is C37H41N7O. The lowest BCUT2D eigenvalue weighted by atomic mass is 9.70. The standard InChI is InChI=1S/C37H41N7O/c1-27-39-33-14-8-9-15-34(33)44(27)32-24-30-16-17-31(25-32)42(30)23-20-37(28-10-4-2-5-11-28)18-21-41(22-19-37)36(45)35-38-26-43(40-35)29-12-6-3-7-13-29/h2-15,26,30-32H,16-25H2,1H3/t30-,31+,32?. The average molecular weight is 600 g/mol. The quantitative estimate of drug-likeness (QED) is 0.218. The highest BCUT2D eigenvalue weighted by Gasteiger charge is 2.44. The van der Waals surface area contributed by atoms with Gasteiger partial charge in [0.1, 0.15) is 12.2 Å². The summed E-state index contributed by atoms with van der Waals surface area (Å²) in [7, 11) is 0. The van der Waals surface area contributed by atoms with Crippen molar-refractivity contribution in [2.24, 2.45) is 0 Å². The summed E-state index contributed by atoms with van der Waals surface area (Å²) in [6.45, 7) is 4.71. The van der Waals surface area contributed by atoms with Crippen molar-refractivity contribution in [2.45, 2.75) is 75.4 Å². The molecule has 8 nitrogen and oxygen atoms in total. The average Bonchev–Trinajstić information content (AvgIpc) is 3.78. The molecule has 3 atom stereocenters. The van der Waals surface area contributed by atoms with E-state index in [-0.39, 0.29) is 17.1 Å².